The van der Waals surface area contributed by atoms with Crippen molar-refractivity contribution in [3.05, 3.63) is 29.6 Å². The van der Waals surface area contributed by atoms with Crippen LogP contribution >= 0.6 is 0 Å². The maximum Gasteiger partial charge on any atom is 0.0437 e. The topological polar surface area (TPSA) is 24.9 Å². The minimum absolute atomic E-state index is 0.187. The van der Waals surface area contributed by atoms with Gasteiger partial charge in [0.05, 0.1) is 0 Å². The van der Waals surface area contributed by atoms with Crippen molar-refractivity contribution in [1.29, 1.82) is 0 Å². The molecule has 0 unspecified atom stereocenters. The molecule has 0 amide bonds. The number of aromatic nitrogens is 1. The van der Waals surface area contributed by atoms with Crippen LogP contribution in [-0.2, 0) is 6.42 Å². The van der Waals surface area contributed by atoms with Crippen molar-refractivity contribution in [2.24, 2.45) is 0 Å². The highest BCUT2D eigenvalue weighted by molar-refractivity contribution is 5.15. The summed E-state index contributed by atoms with van der Waals surface area (Å²) in [5.74, 6) is 0.612. The Morgan fingerprint density at radius 3 is 2.39 bits per heavy atom. The monoisotopic (exact) mass is 248 g/mol. The smallest absolute Gasteiger partial charge is 0.0437 e. The third-order valence-corrected chi connectivity index (χ3v) is 3.27. The maximum absolute atomic E-state index is 4.79. The summed E-state index contributed by atoms with van der Waals surface area (Å²) in [4.78, 5) is 4.79. The van der Waals surface area contributed by atoms with E-state index >= 15 is 0 Å². The first kappa shape index (κ1) is 15.2. The molecule has 0 saturated carbocycles. The molecule has 0 aliphatic carbocycles. The molecule has 1 rings (SSSR count). The van der Waals surface area contributed by atoms with Gasteiger partial charge in [-0.15, -0.1) is 0 Å². The summed E-state index contributed by atoms with van der Waals surface area (Å²) in [5, 5.41) is 3.51. The summed E-state index contributed by atoms with van der Waals surface area (Å²) in [6.45, 7) is 12.1. The number of hydrogen-bond donors (Lipinski definition) is 1. The fraction of sp³-hybridized carbons (Fsp3) is 0.688. The lowest BCUT2D eigenvalue weighted by Gasteiger charge is -2.20. The molecule has 102 valence electrons. The Hall–Kier alpha value is -0.890. The standard InChI is InChI=1S/C16H28N2/c1-6-13(7-2)15-10-8-9-14(18-15)11-12-17-16(3,4)5/h8-10,13,17H,6-7,11-12H2,1-5H3. The molecule has 2 nitrogen and oxygen atoms in total. The van der Waals surface area contributed by atoms with E-state index < -0.39 is 0 Å². The van der Waals surface area contributed by atoms with Crippen LogP contribution < -0.4 is 5.32 Å². The Balaban J connectivity index is 2.59. The van der Waals surface area contributed by atoms with Crippen molar-refractivity contribution in [2.75, 3.05) is 6.54 Å². The molecule has 0 saturated heterocycles. The van der Waals surface area contributed by atoms with Crippen LogP contribution in [0.4, 0.5) is 0 Å². The molecular formula is C16H28N2. The van der Waals surface area contributed by atoms with Gasteiger partial charge in [-0.1, -0.05) is 19.9 Å². The minimum Gasteiger partial charge on any atom is -0.312 e. The van der Waals surface area contributed by atoms with E-state index in [9.17, 15) is 0 Å². The number of hydrogen-bond acceptors (Lipinski definition) is 2. The Morgan fingerprint density at radius 1 is 1.17 bits per heavy atom. The second kappa shape index (κ2) is 6.89. The van der Waals surface area contributed by atoms with Crippen LogP contribution in [0.3, 0.4) is 0 Å². The van der Waals surface area contributed by atoms with Crippen molar-refractivity contribution in [3.63, 3.8) is 0 Å². The van der Waals surface area contributed by atoms with Crippen LogP contribution in [0.1, 0.15) is 64.8 Å². The first-order chi connectivity index (χ1) is 8.46. The Morgan fingerprint density at radius 2 is 1.83 bits per heavy atom. The summed E-state index contributed by atoms with van der Waals surface area (Å²) in [7, 11) is 0. The van der Waals surface area contributed by atoms with E-state index in [0.29, 0.717) is 5.92 Å². The van der Waals surface area contributed by atoms with Gasteiger partial charge in [-0.2, -0.15) is 0 Å². The average molecular weight is 248 g/mol. The zero-order chi connectivity index (χ0) is 13.6. The molecule has 0 spiro atoms. The molecule has 0 atom stereocenters. The minimum atomic E-state index is 0.187. The van der Waals surface area contributed by atoms with E-state index in [1.165, 1.54) is 24.2 Å². The van der Waals surface area contributed by atoms with Gasteiger partial charge in [0.2, 0.25) is 0 Å². The van der Waals surface area contributed by atoms with E-state index in [4.69, 9.17) is 4.98 Å². The molecule has 0 bridgehead atoms. The predicted molar refractivity (Wildman–Crippen MR) is 79.0 cm³/mol. The second-order valence-corrected chi connectivity index (χ2v) is 5.99. The summed E-state index contributed by atoms with van der Waals surface area (Å²) >= 11 is 0. The summed E-state index contributed by atoms with van der Waals surface area (Å²) < 4.78 is 0. The Kier molecular flexibility index (Phi) is 5.80. The van der Waals surface area contributed by atoms with E-state index in [2.05, 4.69) is 58.1 Å². The lowest BCUT2D eigenvalue weighted by molar-refractivity contribution is 0.428. The fourth-order valence-corrected chi connectivity index (χ4v) is 2.14. The summed E-state index contributed by atoms with van der Waals surface area (Å²) in [6.07, 6.45) is 3.35. The molecule has 1 aromatic heterocycles. The van der Waals surface area contributed by atoms with Crippen LogP contribution in [0.25, 0.3) is 0 Å². The van der Waals surface area contributed by atoms with Gasteiger partial charge in [0.25, 0.3) is 0 Å². The van der Waals surface area contributed by atoms with Crippen LogP contribution in [0.15, 0.2) is 18.2 Å². The van der Waals surface area contributed by atoms with Gasteiger partial charge in [0.1, 0.15) is 0 Å². The molecule has 1 heterocycles. The molecule has 1 aromatic rings. The van der Waals surface area contributed by atoms with Gasteiger partial charge in [0.15, 0.2) is 0 Å². The van der Waals surface area contributed by atoms with Crippen LogP contribution in [-0.4, -0.2) is 17.1 Å². The predicted octanol–water partition coefficient (Wildman–Crippen LogP) is 3.92. The number of rotatable bonds is 6. The summed E-state index contributed by atoms with van der Waals surface area (Å²) in [6, 6.07) is 6.45. The van der Waals surface area contributed by atoms with E-state index in [1.54, 1.807) is 0 Å². The van der Waals surface area contributed by atoms with Gasteiger partial charge >= 0.3 is 0 Å². The highest BCUT2D eigenvalue weighted by Gasteiger charge is 2.10. The van der Waals surface area contributed by atoms with Crippen molar-refractivity contribution in [1.82, 2.24) is 10.3 Å². The molecule has 0 aromatic carbocycles. The SMILES string of the molecule is CCC(CC)c1cccc(CCNC(C)(C)C)n1. The van der Waals surface area contributed by atoms with E-state index in [-0.39, 0.29) is 5.54 Å². The molecule has 1 N–H and O–H groups in total. The van der Waals surface area contributed by atoms with Crippen molar-refractivity contribution >= 4 is 0 Å². The fourth-order valence-electron chi connectivity index (χ4n) is 2.14. The highest BCUT2D eigenvalue weighted by atomic mass is 14.9. The lowest BCUT2D eigenvalue weighted by atomic mass is 9.98. The summed E-state index contributed by atoms with van der Waals surface area (Å²) in [5.41, 5.74) is 2.65. The van der Waals surface area contributed by atoms with Gasteiger partial charge in [-0.25, -0.2) is 0 Å². The third-order valence-electron chi connectivity index (χ3n) is 3.27. The normalized spacial score (nSPS) is 12.1. The molecule has 0 aliphatic heterocycles. The Labute approximate surface area is 112 Å². The molecule has 0 fully saturated rings. The first-order valence-corrected chi connectivity index (χ1v) is 7.17. The molecule has 18 heavy (non-hydrogen) atoms. The largest absolute Gasteiger partial charge is 0.312 e. The second-order valence-electron chi connectivity index (χ2n) is 5.99. The number of nitrogens with zero attached hydrogens (tertiary/aromatic N) is 1. The van der Waals surface area contributed by atoms with Gasteiger partial charge in [0, 0.05) is 35.8 Å². The van der Waals surface area contributed by atoms with Gasteiger partial charge in [-0.3, -0.25) is 4.98 Å². The van der Waals surface area contributed by atoms with Crippen molar-refractivity contribution in [3.8, 4) is 0 Å². The van der Waals surface area contributed by atoms with Crippen LogP contribution in [0.2, 0.25) is 0 Å². The van der Waals surface area contributed by atoms with Crippen molar-refractivity contribution in [2.45, 2.75) is 65.3 Å². The molecular weight excluding hydrogens is 220 g/mol. The van der Waals surface area contributed by atoms with Gasteiger partial charge in [-0.05, 0) is 45.7 Å². The molecule has 2 heteroatoms. The van der Waals surface area contributed by atoms with Gasteiger partial charge < -0.3 is 5.32 Å². The quantitative estimate of drug-likeness (QED) is 0.825. The van der Waals surface area contributed by atoms with E-state index in [0.717, 1.165) is 13.0 Å². The van der Waals surface area contributed by atoms with E-state index in [1.807, 2.05) is 0 Å². The zero-order valence-corrected chi connectivity index (χ0v) is 12.6. The number of pyridine rings is 1. The molecule has 0 radical (unpaired) electrons. The van der Waals surface area contributed by atoms with Crippen LogP contribution in [0, 0.1) is 0 Å². The first-order valence-electron chi connectivity index (χ1n) is 7.17. The Bertz CT molecular complexity index is 348. The number of nitrogens with one attached hydrogen (secondary N) is 1. The lowest BCUT2D eigenvalue weighted by Crippen LogP contribution is -2.37. The molecule has 0 aliphatic rings. The van der Waals surface area contributed by atoms with Crippen LogP contribution in [0.5, 0.6) is 0 Å². The third kappa shape index (κ3) is 5.18. The van der Waals surface area contributed by atoms with Crippen molar-refractivity contribution < 1.29 is 0 Å². The maximum atomic E-state index is 4.79. The highest BCUT2D eigenvalue weighted by Crippen LogP contribution is 2.20. The average Bonchev–Trinajstić information content (AvgIpc) is 2.29. The zero-order valence-electron chi connectivity index (χ0n) is 12.6.